The van der Waals surface area contributed by atoms with Crippen LogP contribution in [0.3, 0.4) is 0 Å². The number of carbonyl (C=O) groups is 6. The van der Waals surface area contributed by atoms with E-state index >= 15 is 0 Å². The quantitative estimate of drug-likeness (QED) is 0.138. The molecule has 4 aromatic rings. The lowest BCUT2D eigenvalue weighted by molar-refractivity contribution is -0.150. The number of rotatable bonds is 6. The van der Waals surface area contributed by atoms with Crippen molar-refractivity contribution in [1.29, 1.82) is 0 Å². The third kappa shape index (κ3) is 8.07. The van der Waals surface area contributed by atoms with E-state index in [1.54, 1.807) is 47.6 Å². The highest BCUT2D eigenvalue weighted by Gasteiger charge is 2.52. The third-order valence-corrected chi connectivity index (χ3v) is 14.4. The molecular weight excluding hydrogens is 807 g/mol. The topological polar surface area (TPSA) is 255 Å². The Labute approximate surface area is 364 Å². The molecule has 2 saturated carbocycles. The van der Waals surface area contributed by atoms with Gasteiger partial charge in [0.25, 0.3) is 0 Å². The second-order valence-electron chi connectivity index (χ2n) is 18.3. The molecule has 5 fully saturated rings. The number of nitrogens with two attached hydrogens (primary N) is 1. The minimum atomic E-state index is -1.46. The van der Waals surface area contributed by atoms with Gasteiger partial charge in [-0.05, 0) is 111 Å². The number of carbonyl (C=O) groups excluding carboxylic acids is 6. The molecule has 17 nitrogen and oxygen atoms in total. The summed E-state index contributed by atoms with van der Waals surface area (Å²) in [4.78, 5) is 98.3. The van der Waals surface area contributed by atoms with E-state index in [0.29, 0.717) is 65.9 Å². The van der Waals surface area contributed by atoms with E-state index in [-0.39, 0.29) is 74.6 Å². The van der Waals surface area contributed by atoms with E-state index < -0.39 is 65.3 Å². The van der Waals surface area contributed by atoms with Crippen molar-refractivity contribution < 1.29 is 39.0 Å². The zero-order chi connectivity index (χ0) is 44.0. The molecule has 3 saturated heterocycles. The van der Waals surface area contributed by atoms with Gasteiger partial charge >= 0.3 is 0 Å². The number of aromatic amines is 2. The molecule has 7 atom stereocenters. The molecule has 5 aliphatic rings. The largest absolute Gasteiger partial charge is 0.508 e. The van der Waals surface area contributed by atoms with Crippen molar-refractivity contribution >= 4 is 57.2 Å². The molecule has 9 rings (SSSR count). The maximum absolute atomic E-state index is 15.0. The van der Waals surface area contributed by atoms with Gasteiger partial charge in [0.2, 0.25) is 35.4 Å². The van der Waals surface area contributed by atoms with Crippen molar-refractivity contribution in [3.8, 4) is 11.5 Å². The summed E-state index contributed by atoms with van der Waals surface area (Å²) in [6, 6.07) is 4.10. The summed E-state index contributed by atoms with van der Waals surface area (Å²) >= 11 is 0. The number of hydrogen-bond donors (Lipinski definition) is 9. The molecule has 2 aliphatic carbocycles. The Morgan fingerprint density at radius 1 is 0.667 bits per heavy atom. The van der Waals surface area contributed by atoms with Crippen LogP contribution in [0.25, 0.3) is 21.8 Å². The van der Waals surface area contributed by atoms with Crippen molar-refractivity contribution in [2.45, 2.75) is 132 Å². The summed E-state index contributed by atoms with van der Waals surface area (Å²) in [5.41, 5.74) is 7.28. The molecule has 1 spiro atoms. The molecule has 2 aromatic heterocycles. The summed E-state index contributed by atoms with van der Waals surface area (Å²) < 4.78 is 0. The van der Waals surface area contributed by atoms with E-state index in [9.17, 15) is 39.0 Å². The number of phenolic OH excluding ortho intramolecular Hbond substituents is 2. The van der Waals surface area contributed by atoms with Gasteiger partial charge in [-0.1, -0.05) is 25.7 Å². The first-order valence-electron chi connectivity index (χ1n) is 22.6. The fraction of sp³-hybridized carbons (Fsp3) is 0.522. The van der Waals surface area contributed by atoms with Crippen molar-refractivity contribution in [3.05, 3.63) is 59.9 Å². The van der Waals surface area contributed by atoms with Gasteiger partial charge in [-0.3, -0.25) is 28.8 Å². The number of nitrogens with zero attached hydrogens (tertiary/aromatic N) is 2. The number of amides is 6. The Morgan fingerprint density at radius 3 is 1.94 bits per heavy atom. The second kappa shape index (κ2) is 17.2. The molecule has 334 valence electrons. The first-order chi connectivity index (χ1) is 30.4. The lowest BCUT2D eigenvalue weighted by Gasteiger charge is -2.38. The minimum absolute atomic E-state index is 0.00186. The molecule has 5 heterocycles. The van der Waals surface area contributed by atoms with Gasteiger partial charge in [-0.15, -0.1) is 0 Å². The van der Waals surface area contributed by atoms with Gasteiger partial charge in [0.05, 0.1) is 0 Å². The third-order valence-electron chi connectivity index (χ3n) is 14.4. The van der Waals surface area contributed by atoms with Gasteiger partial charge in [0, 0.05) is 59.6 Å². The molecule has 0 bridgehead atoms. The minimum Gasteiger partial charge on any atom is -0.508 e. The Balaban J connectivity index is 1.12. The summed E-state index contributed by atoms with van der Waals surface area (Å²) in [5.74, 6) is -2.99. The zero-order valence-corrected chi connectivity index (χ0v) is 35.3. The number of benzene rings is 2. The fourth-order valence-corrected chi connectivity index (χ4v) is 11.2. The summed E-state index contributed by atoms with van der Waals surface area (Å²) in [7, 11) is 0. The van der Waals surface area contributed by atoms with Gasteiger partial charge in [0.15, 0.2) is 0 Å². The number of fused-ring (bicyclic) bond motifs is 6. The van der Waals surface area contributed by atoms with Crippen LogP contribution in [-0.2, 0) is 41.6 Å². The van der Waals surface area contributed by atoms with Crippen molar-refractivity contribution in [1.82, 2.24) is 41.0 Å². The number of phenols is 2. The highest BCUT2D eigenvalue weighted by atomic mass is 16.3. The Morgan fingerprint density at radius 2 is 1.29 bits per heavy atom. The van der Waals surface area contributed by atoms with Crippen LogP contribution in [0.5, 0.6) is 11.5 Å². The monoisotopic (exact) mass is 863 g/mol. The van der Waals surface area contributed by atoms with Crippen LogP contribution in [0.15, 0.2) is 48.8 Å². The number of H-pyrrole nitrogens is 2. The van der Waals surface area contributed by atoms with E-state index in [0.717, 1.165) is 24.8 Å². The Kier molecular flexibility index (Phi) is 11.5. The average Bonchev–Trinajstić information content (AvgIpc) is 4.13. The fourth-order valence-electron chi connectivity index (χ4n) is 11.2. The number of aromatic nitrogens is 2. The van der Waals surface area contributed by atoms with E-state index in [1.807, 2.05) is 0 Å². The smallest absolute Gasteiger partial charge is 0.246 e. The predicted molar refractivity (Wildman–Crippen MR) is 232 cm³/mol. The van der Waals surface area contributed by atoms with Crippen LogP contribution in [0.1, 0.15) is 88.2 Å². The van der Waals surface area contributed by atoms with Crippen LogP contribution in [-0.4, -0.2) is 120 Å². The van der Waals surface area contributed by atoms with Crippen LogP contribution >= 0.6 is 0 Å². The lowest BCUT2D eigenvalue weighted by Crippen LogP contribution is -2.65. The van der Waals surface area contributed by atoms with Crippen molar-refractivity contribution in [2.75, 3.05) is 13.1 Å². The Bertz CT molecular complexity index is 2440. The number of hydrogen-bond acceptors (Lipinski definition) is 9. The molecule has 3 aliphatic heterocycles. The number of aromatic hydroxyl groups is 2. The molecule has 63 heavy (non-hydrogen) atoms. The van der Waals surface area contributed by atoms with Crippen LogP contribution in [0.2, 0.25) is 0 Å². The lowest BCUT2D eigenvalue weighted by atomic mass is 9.84. The van der Waals surface area contributed by atoms with Gasteiger partial charge in [-0.2, -0.15) is 0 Å². The van der Waals surface area contributed by atoms with Crippen LogP contribution in [0.4, 0.5) is 0 Å². The van der Waals surface area contributed by atoms with Crippen molar-refractivity contribution in [2.24, 2.45) is 11.7 Å². The second-order valence-corrected chi connectivity index (χ2v) is 18.3. The molecular formula is C46H57N9O8. The maximum atomic E-state index is 15.0. The van der Waals surface area contributed by atoms with Gasteiger partial charge in [0.1, 0.15) is 47.2 Å². The predicted octanol–water partition coefficient (Wildman–Crippen LogP) is 2.24. The van der Waals surface area contributed by atoms with E-state index in [4.69, 9.17) is 5.73 Å². The summed E-state index contributed by atoms with van der Waals surface area (Å²) in [6.07, 6.45) is 9.95. The average molecular weight is 864 g/mol. The Hall–Kier alpha value is -6.10. The maximum Gasteiger partial charge on any atom is 0.246 e. The summed E-state index contributed by atoms with van der Waals surface area (Å²) in [6.45, 7) is 0.324. The van der Waals surface area contributed by atoms with Gasteiger partial charge < -0.3 is 57.0 Å². The highest BCUT2D eigenvalue weighted by Crippen LogP contribution is 2.41. The molecule has 0 unspecified atom stereocenters. The molecule has 10 N–H and O–H groups in total. The van der Waals surface area contributed by atoms with E-state index in [2.05, 4.69) is 31.2 Å². The van der Waals surface area contributed by atoms with E-state index in [1.165, 1.54) is 11.0 Å². The standard InChI is InChI=1S/C46H57N9O8/c47-16-13-34-43(61)54-17-5-8-38(54)44(62)55-37-7-2-1-6-25(37)20-39(55)42(60)51-36(19-27-24-49-33-12-10-29(57)22-31(27)33)41(59)53-46(14-3-4-15-46)45(63)52-35(40(58)50-34)18-26-23-48-32-11-9-28(56)21-30(26)32/h9-12,21-25,34-39,48-49,56-57H,1-8,13-20,47H2,(H,50,58)(H,51,60)(H,52,63)(H,53,59)/t25-,34+,35+,36+,37-,38-,39-/m1/s1. The van der Waals surface area contributed by atoms with Crippen molar-refractivity contribution in [3.63, 3.8) is 0 Å². The normalized spacial score (nSPS) is 28.3. The molecule has 6 amide bonds. The first-order valence-corrected chi connectivity index (χ1v) is 22.6. The SMILES string of the molecule is NCC[C@@H]1NC(=O)[C@H](Cc2c[nH]c3ccc(O)cc23)NC(=O)C2(CCCC2)NC(=O)[C@H](Cc2c[nH]c3ccc(O)cc23)NC(=O)[C@H]2C[C@H]3CCCC[C@H]3N2C(=O)[C@H]2CCCN2C1=O. The number of nitrogens with one attached hydrogen (secondary N) is 6. The highest BCUT2D eigenvalue weighted by molar-refractivity contribution is 6.01. The molecule has 17 heteroatoms. The molecule has 2 aromatic carbocycles. The van der Waals surface area contributed by atoms with Gasteiger partial charge in [-0.25, -0.2) is 0 Å². The van der Waals surface area contributed by atoms with Crippen LogP contribution < -0.4 is 27.0 Å². The van der Waals surface area contributed by atoms with Crippen LogP contribution in [0, 0.1) is 5.92 Å². The molecule has 0 radical (unpaired) electrons. The summed E-state index contributed by atoms with van der Waals surface area (Å²) in [5, 5.41) is 34.0. The first kappa shape index (κ1) is 42.2. The zero-order valence-electron chi connectivity index (χ0n) is 35.3.